The summed E-state index contributed by atoms with van der Waals surface area (Å²) in [4.78, 5) is 0. The fourth-order valence-electron chi connectivity index (χ4n) is 1.43. The van der Waals surface area contributed by atoms with Crippen molar-refractivity contribution in [3.8, 4) is 5.75 Å². The molecule has 1 atom stereocenters. The van der Waals surface area contributed by atoms with Crippen molar-refractivity contribution < 1.29 is 14.6 Å². The summed E-state index contributed by atoms with van der Waals surface area (Å²) in [6, 6.07) is 7.43. The van der Waals surface area contributed by atoms with Crippen LogP contribution in [0.1, 0.15) is 32.4 Å². The molecule has 0 spiro atoms. The molecule has 16 heavy (non-hydrogen) atoms. The highest BCUT2D eigenvalue weighted by atomic mass is 16.5. The highest BCUT2D eigenvalue weighted by Crippen LogP contribution is 2.29. The molecule has 1 aromatic rings. The fourth-order valence-corrected chi connectivity index (χ4v) is 1.43. The van der Waals surface area contributed by atoms with Gasteiger partial charge in [-0.2, -0.15) is 0 Å². The van der Waals surface area contributed by atoms with Gasteiger partial charge in [-0.3, -0.25) is 0 Å². The summed E-state index contributed by atoms with van der Waals surface area (Å²) in [6.45, 7) is 6.30. The second-order valence-corrected chi connectivity index (χ2v) is 4.21. The molecule has 0 saturated heterocycles. The topological polar surface area (TPSA) is 38.7 Å². The van der Waals surface area contributed by atoms with Gasteiger partial charge in [-0.25, -0.2) is 0 Å². The molecule has 1 rings (SSSR count). The Hall–Kier alpha value is -1.06. The average molecular weight is 224 g/mol. The molecule has 1 N–H and O–H groups in total. The normalized spacial score (nSPS) is 13.6. The van der Waals surface area contributed by atoms with E-state index in [0.717, 1.165) is 11.3 Å². The standard InChI is InChI=1S/C13H20O3/c1-5-16-11-8-6-10(7-9-11)12(14)13(2,3)15-4/h6-9,12,14H,5H2,1-4H3. The van der Waals surface area contributed by atoms with Crippen LogP contribution in [0.5, 0.6) is 5.75 Å². The Kier molecular flexibility index (Phi) is 4.33. The second-order valence-electron chi connectivity index (χ2n) is 4.21. The van der Waals surface area contributed by atoms with E-state index in [2.05, 4.69) is 0 Å². The van der Waals surface area contributed by atoms with Crippen molar-refractivity contribution >= 4 is 0 Å². The van der Waals surface area contributed by atoms with E-state index in [-0.39, 0.29) is 0 Å². The molecule has 3 nitrogen and oxygen atoms in total. The first-order valence-corrected chi connectivity index (χ1v) is 5.47. The maximum absolute atomic E-state index is 10.1. The minimum Gasteiger partial charge on any atom is -0.494 e. The molecule has 0 aliphatic rings. The molecule has 0 fully saturated rings. The van der Waals surface area contributed by atoms with Crippen molar-refractivity contribution in [2.75, 3.05) is 13.7 Å². The van der Waals surface area contributed by atoms with Crippen LogP contribution in [0.15, 0.2) is 24.3 Å². The molecule has 0 amide bonds. The summed E-state index contributed by atoms with van der Waals surface area (Å²) in [5.74, 6) is 0.814. The van der Waals surface area contributed by atoms with Crippen LogP contribution in [0.2, 0.25) is 0 Å². The van der Waals surface area contributed by atoms with Gasteiger partial charge in [-0.15, -0.1) is 0 Å². The number of rotatable bonds is 5. The van der Waals surface area contributed by atoms with Crippen molar-refractivity contribution in [1.82, 2.24) is 0 Å². The third kappa shape index (κ3) is 2.97. The number of hydrogen-bond acceptors (Lipinski definition) is 3. The Labute approximate surface area is 97.0 Å². The van der Waals surface area contributed by atoms with E-state index in [1.807, 2.05) is 45.0 Å². The number of methoxy groups -OCH3 is 1. The van der Waals surface area contributed by atoms with Crippen LogP contribution >= 0.6 is 0 Å². The maximum Gasteiger partial charge on any atom is 0.119 e. The first-order chi connectivity index (χ1) is 7.51. The lowest BCUT2D eigenvalue weighted by Crippen LogP contribution is -2.31. The monoisotopic (exact) mass is 224 g/mol. The third-order valence-electron chi connectivity index (χ3n) is 2.69. The molecule has 0 bridgehead atoms. The van der Waals surface area contributed by atoms with Crippen LogP contribution in [0.4, 0.5) is 0 Å². The lowest BCUT2D eigenvalue weighted by Gasteiger charge is -2.29. The lowest BCUT2D eigenvalue weighted by atomic mass is 9.94. The van der Waals surface area contributed by atoms with Crippen LogP contribution in [0.25, 0.3) is 0 Å². The van der Waals surface area contributed by atoms with Gasteiger partial charge in [-0.05, 0) is 38.5 Å². The largest absolute Gasteiger partial charge is 0.494 e. The van der Waals surface area contributed by atoms with Crippen molar-refractivity contribution in [2.24, 2.45) is 0 Å². The number of aliphatic hydroxyl groups is 1. The smallest absolute Gasteiger partial charge is 0.119 e. The van der Waals surface area contributed by atoms with E-state index >= 15 is 0 Å². The zero-order chi connectivity index (χ0) is 12.2. The molecule has 0 radical (unpaired) electrons. The third-order valence-corrected chi connectivity index (χ3v) is 2.69. The van der Waals surface area contributed by atoms with E-state index in [1.54, 1.807) is 7.11 Å². The highest BCUT2D eigenvalue weighted by molar-refractivity contribution is 5.29. The van der Waals surface area contributed by atoms with Gasteiger partial charge in [0, 0.05) is 7.11 Å². The van der Waals surface area contributed by atoms with Crippen molar-refractivity contribution in [3.05, 3.63) is 29.8 Å². The van der Waals surface area contributed by atoms with Gasteiger partial charge in [0.2, 0.25) is 0 Å². The predicted octanol–water partition coefficient (Wildman–Crippen LogP) is 2.54. The van der Waals surface area contributed by atoms with Crippen molar-refractivity contribution in [1.29, 1.82) is 0 Å². The Morgan fingerprint density at radius 1 is 1.25 bits per heavy atom. The van der Waals surface area contributed by atoms with Crippen LogP contribution < -0.4 is 4.74 Å². The Balaban J connectivity index is 2.81. The molecular weight excluding hydrogens is 204 g/mol. The molecule has 0 saturated carbocycles. The van der Waals surface area contributed by atoms with Crippen LogP contribution in [0.3, 0.4) is 0 Å². The van der Waals surface area contributed by atoms with Crippen molar-refractivity contribution in [3.63, 3.8) is 0 Å². The fraction of sp³-hybridized carbons (Fsp3) is 0.538. The van der Waals surface area contributed by atoms with E-state index in [9.17, 15) is 5.11 Å². The Bertz CT molecular complexity index is 316. The quantitative estimate of drug-likeness (QED) is 0.835. The van der Waals surface area contributed by atoms with Gasteiger partial charge in [0.15, 0.2) is 0 Å². The zero-order valence-corrected chi connectivity index (χ0v) is 10.4. The summed E-state index contributed by atoms with van der Waals surface area (Å²) in [7, 11) is 1.60. The molecule has 0 aromatic heterocycles. The number of ether oxygens (including phenoxy) is 2. The van der Waals surface area contributed by atoms with Gasteiger partial charge < -0.3 is 14.6 Å². The van der Waals surface area contributed by atoms with E-state index in [4.69, 9.17) is 9.47 Å². The molecule has 0 aliphatic heterocycles. The first kappa shape index (κ1) is 13.0. The molecular formula is C13H20O3. The van der Waals surface area contributed by atoms with Crippen LogP contribution in [-0.4, -0.2) is 24.4 Å². The summed E-state index contributed by atoms with van der Waals surface area (Å²) >= 11 is 0. The Morgan fingerprint density at radius 2 is 1.81 bits per heavy atom. The summed E-state index contributed by atoms with van der Waals surface area (Å²) in [5.41, 5.74) is 0.239. The maximum atomic E-state index is 10.1. The lowest BCUT2D eigenvalue weighted by molar-refractivity contribution is -0.0793. The predicted molar refractivity (Wildman–Crippen MR) is 63.7 cm³/mol. The summed E-state index contributed by atoms with van der Waals surface area (Å²) in [5, 5.41) is 10.1. The molecule has 1 unspecified atom stereocenters. The number of benzene rings is 1. The molecule has 0 heterocycles. The summed E-state index contributed by atoms with van der Waals surface area (Å²) < 4.78 is 10.6. The minimum atomic E-state index is -0.645. The molecule has 1 aromatic carbocycles. The van der Waals surface area contributed by atoms with Crippen LogP contribution in [-0.2, 0) is 4.74 Å². The number of aliphatic hydroxyl groups excluding tert-OH is 1. The van der Waals surface area contributed by atoms with E-state index in [1.165, 1.54) is 0 Å². The minimum absolute atomic E-state index is 0.590. The van der Waals surface area contributed by atoms with E-state index in [0.29, 0.717) is 6.61 Å². The zero-order valence-electron chi connectivity index (χ0n) is 10.4. The molecule has 0 aliphatic carbocycles. The van der Waals surface area contributed by atoms with Crippen molar-refractivity contribution in [2.45, 2.75) is 32.5 Å². The number of hydrogen-bond donors (Lipinski definition) is 1. The van der Waals surface area contributed by atoms with Gasteiger partial charge in [0.25, 0.3) is 0 Å². The molecule has 90 valence electrons. The van der Waals surface area contributed by atoms with Gasteiger partial charge in [-0.1, -0.05) is 12.1 Å². The average Bonchev–Trinajstić information content (AvgIpc) is 2.29. The second kappa shape index (κ2) is 5.32. The van der Waals surface area contributed by atoms with Gasteiger partial charge >= 0.3 is 0 Å². The van der Waals surface area contributed by atoms with Crippen LogP contribution in [0, 0.1) is 0 Å². The van der Waals surface area contributed by atoms with Gasteiger partial charge in [0.1, 0.15) is 11.9 Å². The SMILES string of the molecule is CCOc1ccc(C(O)C(C)(C)OC)cc1. The first-order valence-electron chi connectivity index (χ1n) is 5.47. The Morgan fingerprint density at radius 3 is 2.25 bits per heavy atom. The molecule has 3 heteroatoms. The highest BCUT2D eigenvalue weighted by Gasteiger charge is 2.28. The summed E-state index contributed by atoms with van der Waals surface area (Å²) in [6.07, 6.45) is -0.645. The van der Waals surface area contributed by atoms with Gasteiger partial charge in [0.05, 0.1) is 12.2 Å². The van der Waals surface area contributed by atoms with E-state index < -0.39 is 11.7 Å².